The minimum absolute atomic E-state index is 0.0246. The van der Waals surface area contributed by atoms with Crippen LogP contribution in [0.2, 0.25) is 0 Å². The summed E-state index contributed by atoms with van der Waals surface area (Å²) >= 11 is 0. The number of nitrogens with two attached hydrogens (primary N) is 1. The normalized spacial score (nSPS) is 22.9. The van der Waals surface area contributed by atoms with Gasteiger partial charge in [-0.15, -0.1) is 0 Å². The van der Waals surface area contributed by atoms with E-state index < -0.39 is 33.6 Å². The lowest BCUT2D eigenvalue weighted by molar-refractivity contribution is -0.165. The van der Waals surface area contributed by atoms with Gasteiger partial charge in [0.15, 0.2) is 0 Å². The standard InChI is InChI=1S/C29H40N4O8S/c1-40-26-5-4-22(42(30,38)39)18-23(26)27(36)33-14-3-2-9-29(28(37)41-20-25(35)24(34)8-15-33)10-16-32(17-11-29)19-21-6-12-31-13-7-21/h4-7,12-13,18,24-25,34-35H,2-3,8-11,14-17,19-20H2,1H3,(H2,30,38,39)/t24-,25+/m0/s1. The first-order valence-electron chi connectivity index (χ1n) is 14.2. The number of likely N-dealkylation sites (tertiary alicyclic amines) is 1. The number of aromatic nitrogens is 1. The van der Waals surface area contributed by atoms with E-state index in [1.165, 1.54) is 30.2 Å². The fourth-order valence-electron chi connectivity index (χ4n) is 5.63. The number of hydrogen-bond acceptors (Lipinski definition) is 10. The largest absolute Gasteiger partial charge is 0.496 e. The Bertz CT molecular complexity index is 1330. The number of primary sulfonamides is 1. The number of piperidine rings is 1. The van der Waals surface area contributed by atoms with Crippen molar-refractivity contribution in [1.82, 2.24) is 14.8 Å². The van der Waals surface area contributed by atoms with Crippen LogP contribution in [0.5, 0.6) is 5.75 Å². The Hall–Kier alpha value is -3.10. The van der Waals surface area contributed by atoms with Gasteiger partial charge >= 0.3 is 5.97 Å². The molecule has 1 amide bonds. The number of aliphatic hydroxyl groups is 2. The summed E-state index contributed by atoms with van der Waals surface area (Å²) in [6.07, 6.45) is 3.92. The van der Waals surface area contributed by atoms with Gasteiger partial charge in [0.1, 0.15) is 18.5 Å². The molecule has 12 nitrogen and oxygen atoms in total. The van der Waals surface area contributed by atoms with Crippen molar-refractivity contribution in [2.45, 2.75) is 62.2 Å². The van der Waals surface area contributed by atoms with E-state index >= 15 is 0 Å². The maximum absolute atomic E-state index is 13.6. The number of esters is 1. The summed E-state index contributed by atoms with van der Waals surface area (Å²) in [5, 5.41) is 26.4. The van der Waals surface area contributed by atoms with E-state index in [1.807, 2.05) is 12.1 Å². The second kappa shape index (κ2) is 13.9. The van der Waals surface area contributed by atoms with Crippen LogP contribution in [-0.2, 0) is 26.1 Å². The Balaban J connectivity index is 1.50. The molecule has 2 aliphatic rings. The molecule has 0 radical (unpaired) electrons. The van der Waals surface area contributed by atoms with Crippen molar-refractivity contribution in [3.05, 3.63) is 53.9 Å². The van der Waals surface area contributed by atoms with Gasteiger partial charge < -0.3 is 24.6 Å². The summed E-state index contributed by atoms with van der Waals surface area (Å²) in [5.74, 6) is -0.665. The maximum atomic E-state index is 13.6. The number of aliphatic hydroxyl groups excluding tert-OH is 2. The summed E-state index contributed by atoms with van der Waals surface area (Å²) in [6.45, 7) is 2.19. The highest BCUT2D eigenvalue weighted by Crippen LogP contribution is 2.39. The Morgan fingerprint density at radius 1 is 1.07 bits per heavy atom. The predicted molar refractivity (Wildman–Crippen MR) is 153 cm³/mol. The number of ether oxygens (including phenoxy) is 2. The van der Waals surface area contributed by atoms with E-state index in [0.717, 1.165) is 12.1 Å². The van der Waals surface area contributed by atoms with Gasteiger partial charge in [-0.1, -0.05) is 6.42 Å². The van der Waals surface area contributed by atoms with Gasteiger partial charge in [-0.25, -0.2) is 13.6 Å². The van der Waals surface area contributed by atoms with Crippen LogP contribution in [0.15, 0.2) is 47.6 Å². The number of hydrogen-bond donors (Lipinski definition) is 3. The fraction of sp³-hybridized carbons (Fsp3) is 0.552. The maximum Gasteiger partial charge on any atom is 0.312 e. The van der Waals surface area contributed by atoms with Crippen molar-refractivity contribution in [1.29, 1.82) is 0 Å². The third kappa shape index (κ3) is 7.84. The van der Waals surface area contributed by atoms with Crippen LogP contribution in [0, 0.1) is 5.41 Å². The van der Waals surface area contributed by atoms with Crippen molar-refractivity contribution in [2.24, 2.45) is 10.6 Å². The molecule has 4 N–H and O–H groups in total. The molecule has 3 heterocycles. The average Bonchev–Trinajstić information content (AvgIpc) is 2.99. The molecule has 13 heteroatoms. The Kier molecular flexibility index (Phi) is 10.5. The number of rotatable bonds is 5. The first-order valence-corrected chi connectivity index (χ1v) is 15.7. The van der Waals surface area contributed by atoms with Crippen LogP contribution in [-0.4, -0.2) is 97.4 Å². The van der Waals surface area contributed by atoms with Crippen LogP contribution < -0.4 is 9.88 Å². The number of sulfonamides is 1. The van der Waals surface area contributed by atoms with Crippen LogP contribution in [0.1, 0.15) is 54.4 Å². The summed E-state index contributed by atoms with van der Waals surface area (Å²) in [4.78, 5) is 34.6. The summed E-state index contributed by atoms with van der Waals surface area (Å²) in [5.41, 5.74) is 0.446. The van der Waals surface area contributed by atoms with Crippen molar-refractivity contribution < 1.29 is 37.7 Å². The predicted octanol–water partition coefficient (Wildman–Crippen LogP) is 1.30. The minimum Gasteiger partial charge on any atom is -0.496 e. The molecule has 2 atom stereocenters. The molecule has 0 bridgehead atoms. The lowest BCUT2D eigenvalue weighted by Gasteiger charge is -2.40. The summed E-state index contributed by atoms with van der Waals surface area (Å²) in [7, 11) is -2.69. The monoisotopic (exact) mass is 604 g/mol. The SMILES string of the molecule is COc1ccc(S(N)(=O)=O)cc1C(=O)N1CCCCC2(CCN(Cc3ccncc3)CC2)C(=O)OC[C@@H](O)[C@@H](O)CC1. The molecule has 0 unspecified atom stereocenters. The summed E-state index contributed by atoms with van der Waals surface area (Å²) in [6, 6.07) is 7.77. The molecule has 2 fully saturated rings. The van der Waals surface area contributed by atoms with Crippen LogP contribution in [0.3, 0.4) is 0 Å². The second-order valence-electron chi connectivity index (χ2n) is 11.1. The van der Waals surface area contributed by atoms with Gasteiger partial charge in [0.2, 0.25) is 10.0 Å². The number of cyclic esters (lactones) is 1. The smallest absolute Gasteiger partial charge is 0.312 e. The van der Waals surface area contributed by atoms with Crippen LogP contribution >= 0.6 is 0 Å². The highest BCUT2D eigenvalue weighted by atomic mass is 32.2. The molecule has 0 aliphatic carbocycles. The molecule has 42 heavy (non-hydrogen) atoms. The number of benzene rings is 1. The number of nitrogens with zero attached hydrogens (tertiary/aromatic N) is 3. The zero-order valence-corrected chi connectivity index (χ0v) is 24.7. The Morgan fingerprint density at radius 2 is 1.79 bits per heavy atom. The number of carbonyl (C=O) groups is 2. The molecule has 230 valence electrons. The van der Waals surface area contributed by atoms with Crippen molar-refractivity contribution in [3.63, 3.8) is 0 Å². The molecule has 0 saturated carbocycles. The van der Waals surface area contributed by atoms with Gasteiger partial charge in [-0.2, -0.15) is 0 Å². The van der Waals surface area contributed by atoms with Crippen molar-refractivity contribution >= 4 is 21.9 Å². The highest BCUT2D eigenvalue weighted by molar-refractivity contribution is 7.89. The first-order chi connectivity index (χ1) is 20.0. The van der Waals surface area contributed by atoms with Crippen molar-refractivity contribution in [2.75, 3.05) is 39.9 Å². The van der Waals surface area contributed by atoms with E-state index in [1.54, 1.807) is 12.4 Å². The van der Waals surface area contributed by atoms with Gasteiger partial charge in [0.25, 0.3) is 5.91 Å². The van der Waals surface area contributed by atoms with E-state index in [-0.39, 0.29) is 41.8 Å². The molecular formula is C29H40N4O8S. The quantitative estimate of drug-likeness (QED) is 0.422. The molecule has 1 aromatic carbocycles. The average molecular weight is 605 g/mol. The van der Waals surface area contributed by atoms with Crippen molar-refractivity contribution in [3.8, 4) is 5.75 Å². The van der Waals surface area contributed by atoms with Crippen LogP contribution in [0.4, 0.5) is 0 Å². The molecular weight excluding hydrogens is 564 g/mol. The second-order valence-corrected chi connectivity index (χ2v) is 12.7. The van der Waals surface area contributed by atoms with Crippen LogP contribution in [0.25, 0.3) is 0 Å². The highest BCUT2D eigenvalue weighted by Gasteiger charge is 2.42. The van der Waals surface area contributed by atoms with Gasteiger partial charge in [-0.3, -0.25) is 19.5 Å². The molecule has 4 rings (SSSR count). The Labute approximate surface area is 246 Å². The van der Waals surface area contributed by atoms with Gasteiger partial charge in [0, 0.05) is 32.0 Å². The summed E-state index contributed by atoms with van der Waals surface area (Å²) < 4.78 is 34.8. The lowest BCUT2D eigenvalue weighted by atomic mass is 9.74. The number of amides is 1. The molecule has 2 saturated heterocycles. The molecule has 1 aromatic heterocycles. The number of carbonyl (C=O) groups excluding carboxylic acids is 2. The number of methoxy groups -OCH3 is 1. The molecule has 2 aromatic rings. The zero-order valence-electron chi connectivity index (χ0n) is 23.9. The van der Waals surface area contributed by atoms with Gasteiger partial charge in [0.05, 0.1) is 29.1 Å². The zero-order chi connectivity index (χ0) is 30.3. The van der Waals surface area contributed by atoms with E-state index in [4.69, 9.17) is 14.6 Å². The van der Waals surface area contributed by atoms with E-state index in [9.17, 15) is 28.2 Å². The molecule has 1 spiro atoms. The fourth-order valence-corrected chi connectivity index (χ4v) is 6.17. The third-order valence-electron chi connectivity index (χ3n) is 8.28. The minimum atomic E-state index is -4.06. The van der Waals surface area contributed by atoms with E-state index in [2.05, 4.69) is 9.88 Å². The third-order valence-corrected chi connectivity index (χ3v) is 9.19. The number of pyridine rings is 1. The molecule has 2 aliphatic heterocycles. The first kappa shape index (κ1) is 31.8. The van der Waals surface area contributed by atoms with Gasteiger partial charge in [-0.05, 0) is 81.1 Å². The van der Waals surface area contributed by atoms with E-state index in [0.29, 0.717) is 51.7 Å². The lowest BCUT2D eigenvalue weighted by Crippen LogP contribution is -2.45. The topological polar surface area (TPSA) is 173 Å². The Morgan fingerprint density at radius 3 is 2.45 bits per heavy atom.